The SMILES string of the molecule is COCC(N)C(=O)N(C1CC1)C(C)C1CC1. The molecule has 2 fully saturated rings. The molecule has 2 aliphatic rings. The summed E-state index contributed by atoms with van der Waals surface area (Å²) in [5, 5.41) is 0. The summed E-state index contributed by atoms with van der Waals surface area (Å²) >= 11 is 0. The summed E-state index contributed by atoms with van der Waals surface area (Å²) < 4.78 is 4.96. The summed E-state index contributed by atoms with van der Waals surface area (Å²) in [4.78, 5) is 14.2. The molecule has 0 aromatic heterocycles. The number of hydrogen-bond acceptors (Lipinski definition) is 3. The van der Waals surface area contributed by atoms with E-state index in [1.54, 1.807) is 7.11 Å². The van der Waals surface area contributed by atoms with Crippen LogP contribution < -0.4 is 5.73 Å². The average molecular weight is 226 g/mol. The van der Waals surface area contributed by atoms with E-state index in [2.05, 4.69) is 6.92 Å². The summed E-state index contributed by atoms with van der Waals surface area (Å²) in [6, 6.07) is 0.320. The van der Waals surface area contributed by atoms with Crippen LogP contribution >= 0.6 is 0 Å². The predicted octanol–water partition coefficient (Wildman–Crippen LogP) is 0.750. The number of hydrogen-bond donors (Lipinski definition) is 1. The van der Waals surface area contributed by atoms with Gasteiger partial charge in [0.15, 0.2) is 0 Å². The van der Waals surface area contributed by atoms with Crippen molar-refractivity contribution in [3.05, 3.63) is 0 Å². The van der Waals surface area contributed by atoms with E-state index in [-0.39, 0.29) is 5.91 Å². The lowest BCUT2D eigenvalue weighted by Crippen LogP contribution is -2.51. The summed E-state index contributed by atoms with van der Waals surface area (Å²) in [5.41, 5.74) is 5.84. The number of carbonyl (C=O) groups excluding carboxylic acids is 1. The van der Waals surface area contributed by atoms with Gasteiger partial charge in [-0.2, -0.15) is 0 Å². The van der Waals surface area contributed by atoms with E-state index in [0.717, 1.165) is 12.8 Å². The summed E-state index contributed by atoms with van der Waals surface area (Å²) in [6.07, 6.45) is 4.80. The van der Waals surface area contributed by atoms with Gasteiger partial charge in [-0.25, -0.2) is 0 Å². The molecule has 4 nitrogen and oxygen atoms in total. The first-order chi connectivity index (χ1) is 7.65. The molecular weight excluding hydrogens is 204 g/mol. The number of nitrogens with two attached hydrogens (primary N) is 1. The van der Waals surface area contributed by atoms with Crippen LogP contribution in [0.1, 0.15) is 32.6 Å². The molecule has 2 unspecified atom stereocenters. The molecule has 4 heteroatoms. The second kappa shape index (κ2) is 4.72. The smallest absolute Gasteiger partial charge is 0.242 e. The van der Waals surface area contributed by atoms with Gasteiger partial charge in [-0.15, -0.1) is 0 Å². The lowest BCUT2D eigenvalue weighted by molar-refractivity contribution is -0.136. The number of nitrogens with zero attached hydrogens (tertiary/aromatic N) is 1. The fourth-order valence-electron chi connectivity index (χ4n) is 2.31. The first-order valence-corrected chi connectivity index (χ1v) is 6.21. The largest absolute Gasteiger partial charge is 0.383 e. The highest BCUT2D eigenvalue weighted by Crippen LogP contribution is 2.39. The maximum Gasteiger partial charge on any atom is 0.242 e. The minimum atomic E-state index is -0.494. The van der Waals surface area contributed by atoms with Gasteiger partial charge in [-0.05, 0) is 38.5 Å². The maximum absolute atomic E-state index is 12.2. The minimum Gasteiger partial charge on any atom is -0.383 e. The lowest BCUT2D eigenvalue weighted by Gasteiger charge is -2.31. The van der Waals surface area contributed by atoms with Gasteiger partial charge in [-0.1, -0.05) is 0 Å². The van der Waals surface area contributed by atoms with Crippen molar-refractivity contribution < 1.29 is 9.53 Å². The van der Waals surface area contributed by atoms with E-state index < -0.39 is 6.04 Å². The van der Waals surface area contributed by atoms with Crippen molar-refractivity contribution in [3.63, 3.8) is 0 Å². The van der Waals surface area contributed by atoms with E-state index in [0.29, 0.717) is 24.6 Å². The Kier molecular flexibility index (Phi) is 3.50. The average Bonchev–Trinajstić information content (AvgIpc) is 3.10. The second-order valence-corrected chi connectivity index (χ2v) is 5.12. The molecule has 0 aromatic rings. The molecular formula is C12H22N2O2. The summed E-state index contributed by atoms with van der Waals surface area (Å²) in [6.45, 7) is 2.48. The van der Waals surface area contributed by atoms with Gasteiger partial charge in [0.25, 0.3) is 0 Å². The highest BCUT2D eigenvalue weighted by atomic mass is 16.5. The van der Waals surface area contributed by atoms with E-state index in [1.807, 2.05) is 4.90 Å². The van der Waals surface area contributed by atoms with Crippen molar-refractivity contribution in [3.8, 4) is 0 Å². The summed E-state index contributed by atoms with van der Waals surface area (Å²) in [5.74, 6) is 0.781. The zero-order chi connectivity index (χ0) is 11.7. The molecule has 0 spiro atoms. The normalized spacial score (nSPS) is 23.9. The van der Waals surface area contributed by atoms with Crippen molar-refractivity contribution in [1.82, 2.24) is 4.90 Å². The van der Waals surface area contributed by atoms with Gasteiger partial charge in [0.2, 0.25) is 5.91 Å². The molecule has 0 radical (unpaired) electrons. The van der Waals surface area contributed by atoms with E-state index in [4.69, 9.17) is 10.5 Å². The highest BCUT2D eigenvalue weighted by molar-refractivity contribution is 5.82. The van der Waals surface area contributed by atoms with E-state index in [1.165, 1.54) is 12.8 Å². The predicted molar refractivity (Wildman–Crippen MR) is 61.9 cm³/mol. The second-order valence-electron chi connectivity index (χ2n) is 5.12. The van der Waals surface area contributed by atoms with Gasteiger partial charge in [0, 0.05) is 19.2 Å². The third-order valence-electron chi connectivity index (χ3n) is 3.60. The van der Waals surface area contributed by atoms with Crippen LogP contribution in [0.15, 0.2) is 0 Å². The fourth-order valence-corrected chi connectivity index (χ4v) is 2.31. The van der Waals surface area contributed by atoms with E-state index in [9.17, 15) is 4.79 Å². The number of carbonyl (C=O) groups is 1. The van der Waals surface area contributed by atoms with Crippen LogP contribution in [0.2, 0.25) is 0 Å². The quantitative estimate of drug-likeness (QED) is 0.727. The van der Waals surface area contributed by atoms with Crippen molar-refractivity contribution >= 4 is 5.91 Å². The van der Waals surface area contributed by atoms with Crippen LogP contribution in [-0.2, 0) is 9.53 Å². The maximum atomic E-state index is 12.2. The minimum absolute atomic E-state index is 0.0729. The Morgan fingerprint density at radius 3 is 2.50 bits per heavy atom. The fraction of sp³-hybridized carbons (Fsp3) is 0.917. The summed E-state index contributed by atoms with van der Waals surface area (Å²) in [7, 11) is 1.58. The molecule has 1 amide bonds. The zero-order valence-electron chi connectivity index (χ0n) is 10.2. The van der Waals surface area contributed by atoms with Crippen LogP contribution in [0.5, 0.6) is 0 Å². The molecule has 0 bridgehead atoms. The zero-order valence-corrected chi connectivity index (χ0v) is 10.2. The Hall–Kier alpha value is -0.610. The molecule has 0 saturated heterocycles. The first kappa shape index (κ1) is 11.9. The molecule has 2 atom stereocenters. The van der Waals surface area contributed by atoms with E-state index >= 15 is 0 Å². The molecule has 0 aromatic carbocycles. The molecule has 0 aliphatic heterocycles. The number of methoxy groups -OCH3 is 1. The van der Waals surface area contributed by atoms with Gasteiger partial charge in [-0.3, -0.25) is 4.79 Å². The molecule has 0 heterocycles. The van der Waals surface area contributed by atoms with Crippen molar-refractivity contribution in [2.24, 2.45) is 11.7 Å². The van der Waals surface area contributed by atoms with Crippen LogP contribution in [-0.4, -0.2) is 42.6 Å². The standard InChI is InChI=1S/C12H22N2O2/c1-8(9-3-4-9)14(10-5-6-10)12(15)11(13)7-16-2/h8-11H,3-7,13H2,1-2H3. The number of amides is 1. The van der Waals surface area contributed by atoms with Gasteiger partial charge in [0.1, 0.15) is 6.04 Å². The highest BCUT2D eigenvalue weighted by Gasteiger charge is 2.42. The van der Waals surface area contributed by atoms with Crippen molar-refractivity contribution in [1.29, 1.82) is 0 Å². The van der Waals surface area contributed by atoms with Crippen molar-refractivity contribution in [2.75, 3.05) is 13.7 Å². The molecule has 2 rings (SSSR count). The molecule has 16 heavy (non-hydrogen) atoms. The number of rotatable bonds is 6. The third-order valence-corrected chi connectivity index (χ3v) is 3.60. The molecule has 2 saturated carbocycles. The first-order valence-electron chi connectivity index (χ1n) is 6.21. The molecule has 2 aliphatic carbocycles. The monoisotopic (exact) mass is 226 g/mol. The Labute approximate surface area is 97.1 Å². The van der Waals surface area contributed by atoms with Crippen molar-refractivity contribution in [2.45, 2.75) is 50.7 Å². The lowest BCUT2D eigenvalue weighted by atomic mass is 10.1. The topological polar surface area (TPSA) is 55.6 Å². The molecule has 92 valence electrons. The van der Waals surface area contributed by atoms with Gasteiger partial charge >= 0.3 is 0 Å². The van der Waals surface area contributed by atoms with Crippen LogP contribution in [0.25, 0.3) is 0 Å². The third kappa shape index (κ3) is 2.55. The van der Waals surface area contributed by atoms with Crippen LogP contribution in [0, 0.1) is 5.92 Å². The Balaban J connectivity index is 1.97. The van der Waals surface area contributed by atoms with Crippen LogP contribution in [0.3, 0.4) is 0 Å². The Bertz CT molecular complexity index is 262. The number of ether oxygens (including phenoxy) is 1. The van der Waals surface area contributed by atoms with Gasteiger partial charge in [0.05, 0.1) is 6.61 Å². The van der Waals surface area contributed by atoms with Crippen LogP contribution in [0.4, 0.5) is 0 Å². The Morgan fingerprint density at radius 2 is 2.06 bits per heavy atom. The van der Waals surface area contributed by atoms with Gasteiger partial charge < -0.3 is 15.4 Å². The molecule has 2 N–H and O–H groups in total. The Morgan fingerprint density at radius 1 is 1.44 bits per heavy atom.